The summed E-state index contributed by atoms with van der Waals surface area (Å²) < 4.78 is 26.3. The molecule has 0 heterocycles. The normalized spacial score (nSPS) is 13.2. The van der Waals surface area contributed by atoms with Gasteiger partial charge in [-0.2, -0.15) is 0 Å². The zero-order valence-corrected chi connectivity index (χ0v) is 13.0. The van der Waals surface area contributed by atoms with Crippen molar-refractivity contribution in [2.75, 3.05) is 6.54 Å². The van der Waals surface area contributed by atoms with Crippen LogP contribution in [0.3, 0.4) is 0 Å². The van der Waals surface area contributed by atoms with Crippen molar-refractivity contribution in [1.29, 1.82) is 0 Å². The standard InChI is InChI=1S/C11H13Cl2NO5S/c1-5-3-7(12)6(2)10(9(5)13)20(18,19)14-4-8(15)11(16)17/h3,8,14-15H,4H2,1-2H3,(H,16,17). The lowest BCUT2D eigenvalue weighted by Crippen LogP contribution is -2.36. The van der Waals surface area contributed by atoms with E-state index in [1.165, 1.54) is 13.0 Å². The predicted molar refractivity (Wildman–Crippen MR) is 74.8 cm³/mol. The molecule has 6 nitrogen and oxygen atoms in total. The van der Waals surface area contributed by atoms with Crippen molar-refractivity contribution in [2.24, 2.45) is 0 Å². The number of carboxylic acid groups (broad SMARTS) is 1. The number of halogens is 2. The number of hydrogen-bond donors (Lipinski definition) is 3. The molecule has 20 heavy (non-hydrogen) atoms. The van der Waals surface area contributed by atoms with E-state index < -0.39 is 28.6 Å². The number of carbonyl (C=O) groups is 1. The van der Waals surface area contributed by atoms with Crippen LogP contribution in [0.1, 0.15) is 11.1 Å². The van der Waals surface area contributed by atoms with Gasteiger partial charge in [0, 0.05) is 11.6 Å². The van der Waals surface area contributed by atoms with Crippen molar-refractivity contribution in [1.82, 2.24) is 4.72 Å². The third-order valence-electron chi connectivity index (χ3n) is 2.61. The van der Waals surface area contributed by atoms with Crippen LogP contribution in [0, 0.1) is 13.8 Å². The molecule has 0 saturated heterocycles. The van der Waals surface area contributed by atoms with Crippen molar-refractivity contribution in [2.45, 2.75) is 24.8 Å². The number of benzene rings is 1. The zero-order valence-electron chi connectivity index (χ0n) is 10.6. The SMILES string of the molecule is Cc1cc(Cl)c(C)c(S(=O)(=O)NCC(O)C(=O)O)c1Cl. The number of aliphatic hydroxyl groups excluding tert-OH is 1. The molecule has 0 saturated carbocycles. The lowest BCUT2D eigenvalue weighted by molar-refractivity contribution is -0.146. The highest BCUT2D eigenvalue weighted by atomic mass is 35.5. The fourth-order valence-electron chi connectivity index (χ4n) is 1.48. The highest BCUT2D eigenvalue weighted by Crippen LogP contribution is 2.33. The van der Waals surface area contributed by atoms with Crippen LogP contribution in [0.4, 0.5) is 0 Å². The van der Waals surface area contributed by atoms with Gasteiger partial charge in [0.05, 0.1) is 5.02 Å². The van der Waals surface area contributed by atoms with Gasteiger partial charge in [-0.15, -0.1) is 0 Å². The molecule has 0 aliphatic heterocycles. The number of rotatable bonds is 5. The Hall–Kier alpha value is -0.860. The summed E-state index contributed by atoms with van der Waals surface area (Å²) >= 11 is 11.9. The van der Waals surface area contributed by atoms with E-state index in [-0.39, 0.29) is 20.5 Å². The van der Waals surface area contributed by atoms with Crippen molar-refractivity contribution in [3.8, 4) is 0 Å². The number of aryl methyl sites for hydroxylation is 1. The average Bonchev–Trinajstić information content (AvgIpc) is 2.33. The molecule has 1 unspecified atom stereocenters. The largest absolute Gasteiger partial charge is 0.479 e. The summed E-state index contributed by atoms with van der Waals surface area (Å²) in [4.78, 5) is 10.2. The van der Waals surface area contributed by atoms with Gasteiger partial charge >= 0.3 is 5.97 Å². The number of aliphatic hydroxyl groups is 1. The van der Waals surface area contributed by atoms with Crippen LogP contribution in [0.15, 0.2) is 11.0 Å². The molecule has 0 aromatic heterocycles. The predicted octanol–water partition coefficient (Wildman–Crippen LogP) is 1.33. The Morgan fingerprint density at radius 3 is 2.45 bits per heavy atom. The Bertz CT molecular complexity index is 618. The molecule has 112 valence electrons. The molecule has 0 fully saturated rings. The van der Waals surface area contributed by atoms with Crippen LogP contribution in [-0.2, 0) is 14.8 Å². The number of aliphatic carboxylic acids is 1. The molecule has 1 aromatic rings. The summed E-state index contributed by atoms with van der Waals surface area (Å²) in [6.07, 6.45) is -1.84. The van der Waals surface area contributed by atoms with Crippen LogP contribution in [0.25, 0.3) is 0 Å². The first-order chi connectivity index (χ1) is 9.08. The maximum Gasteiger partial charge on any atom is 0.333 e. The Labute approximate surface area is 126 Å². The summed E-state index contributed by atoms with van der Waals surface area (Å²) in [6, 6.07) is 1.53. The molecule has 1 atom stereocenters. The first kappa shape index (κ1) is 17.2. The molecule has 9 heteroatoms. The molecule has 3 N–H and O–H groups in total. The van der Waals surface area contributed by atoms with Gasteiger partial charge in [-0.25, -0.2) is 17.9 Å². The van der Waals surface area contributed by atoms with E-state index in [2.05, 4.69) is 0 Å². The lowest BCUT2D eigenvalue weighted by Gasteiger charge is -2.14. The van der Waals surface area contributed by atoms with Gasteiger partial charge < -0.3 is 10.2 Å². The highest BCUT2D eigenvalue weighted by Gasteiger charge is 2.25. The quantitative estimate of drug-likeness (QED) is 0.749. The molecular formula is C11H13Cl2NO5S. The summed E-state index contributed by atoms with van der Waals surface area (Å²) in [6.45, 7) is 2.41. The van der Waals surface area contributed by atoms with E-state index in [9.17, 15) is 13.2 Å². The number of hydrogen-bond acceptors (Lipinski definition) is 4. The van der Waals surface area contributed by atoms with E-state index in [1.807, 2.05) is 4.72 Å². The summed E-state index contributed by atoms with van der Waals surface area (Å²) in [5.41, 5.74) is 0.723. The van der Waals surface area contributed by atoms with E-state index >= 15 is 0 Å². The van der Waals surface area contributed by atoms with Crippen LogP contribution >= 0.6 is 23.2 Å². The summed E-state index contributed by atoms with van der Waals surface area (Å²) in [7, 11) is -4.08. The third-order valence-corrected chi connectivity index (χ3v) is 5.19. The summed E-state index contributed by atoms with van der Waals surface area (Å²) in [5.74, 6) is -1.53. The van der Waals surface area contributed by atoms with Crippen LogP contribution in [0.5, 0.6) is 0 Å². The highest BCUT2D eigenvalue weighted by molar-refractivity contribution is 7.89. The van der Waals surface area contributed by atoms with Crippen LogP contribution < -0.4 is 4.72 Å². The van der Waals surface area contributed by atoms with Gasteiger partial charge in [-0.3, -0.25) is 0 Å². The molecule has 0 aliphatic rings. The monoisotopic (exact) mass is 341 g/mol. The second-order valence-electron chi connectivity index (χ2n) is 4.15. The first-order valence-corrected chi connectivity index (χ1v) is 7.67. The topological polar surface area (TPSA) is 104 Å². The zero-order chi connectivity index (χ0) is 15.7. The van der Waals surface area contributed by atoms with E-state index in [0.29, 0.717) is 5.56 Å². The molecule has 1 aromatic carbocycles. The van der Waals surface area contributed by atoms with Crippen LogP contribution in [0.2, 0.25) is 10.0 Å². The Morgan fingerprint density at radius 2 is 1.95 bits per heavy atom. The second kappa shape index (κ2) is 6.28. The van der Waals surface area contributed by atoms with E-state index in [0.717, 1.165) is 0 Å². The van der Waals surface area contributed by atoms with Crippen LogP contribution in [-0.4, -0.2) is 37.2 Å². The van der Waals surface area contributed by atoms with Gasteiger partial charge in [0.1, 0.15) is 4.90 Å². The fourth-order valence-corrected chi connectivity index (χ4v) is 3.73. The molecule has 1 rings (SSSR count). The number of nitrogens with one attached hydrogen (secondary N) is 1. The first-order valence-electron chi connectivity index (χ1n) is 5.43. The van der Waals surface area contributed by atoms with Crippen molar-refractivity contribution in [3.63, 3.8) is 0 Å². The fraction of sp³-hybridized carbons (Fsp3) is 0.364. The smallest absolute Gasteiger partial charge is 0.333 e. The Kier molecular flexibility index (Phi) is 5.39. The van der Waals surface area contributed by atoms with Crippen molar-refractivity contribution in [3.05, 3.63) is 27.2 Å². The van der Waals surface area contributed by atoms with Gasteiger partial charge in [-0.1, -0.05) is 23.2 Å². The average molecular weight is 342 g/mol. The van der Waals surface area contributed by atoms with Crippen molar-refractivity contribution >= 4 is 39.2 Å². The summed E-state index contributed by atoms with van der Waals surface area (Å²) in [5, 5.41) is 17.8. The number of sulfonamides is 1. The lowest BCUT2D eigenvalue weighted by atomic mass is 10.2. The van der Waals surface area contributed by atoms with Crippen molar-refractivity contribution < 1.29 is 23.4 Å². The minimum absolute atomic E-state index is 0.00390. The van der Waals surface area contributed by atoms with Gasteiger partial charge in [0.25, 0.3) is 0 Å². The minimum atomic E-state index is -4.08. The Morgan fingerprint density at radius 1 is 1.40 bits per heavy atom. The van der Waals surface area contributed by atoms with Gasteiger partial charge in [0.2, 0.25) is 10.0 Å². The molecule has 0 bridgehead atoms. The third kappa shape index (κ3) is 3.62. The van der Waals surface area contributed by atoms with E-state index in [1.54, 1.807) is 6.92 Å². The second-order valence-corrected chi connectivity index (χ2v) is 6.64. The maximum atomic E-state index is 12.1. The molecule has 0 amide bonds. The molecule has 0 aliphatic carbocycles. The minimum Gasteiger partial charge on any atom is -0.479 e. The number of carboxylic acids is 1. The molecule has 0 spiro atoms. The molecule has 0 radical (unpaired) electrons. The van der Waals surface area contributed by atoms with Gasteiger partial charge in [0.15, 0.2) is 6.10 Å². The van der Waals surface area contributed by atoms with E-state index in [4.69, 9.17) is 33.4 Å². The van der Waals surface area contributed by atoms with Gasteiger partial charge in [-0.05, 0) is 31.0 Å². The Balaban J connectivity index is 3.20. The maximum absolute atomic E-state index is 12.1. The molecular weight excluding hydrogens is 329 g/mol.